The van der Waals surface area contributed by atoms with Crippen LogP contribution in [0.3, 0.4) is 0 Å². The zero-order chi connectivity index (χ0) is 11.5. The molecule has 1 aromatic rings. The minimum absolute atomic E-state index is 0.348. The minimum Gasteiger partial charge on any atom is -0.337 e. The summed E-state index contributed by atoms with van der Waals surface area (Å²) in [6.07, 6.45) is -3.47. The van der Waals surface area contributed by atoms with E-state index in [1.165, 1.54) is 18.2 Å². The van der Waals surface area contributed by atoms with Gasteiger partial charge in [-0.1, -0.05) is 18.2 Å². The third-order valence-corrected chi connectivity index (χ3v) is 2.64. The van der Waals surface area contributed by atoms with Crippen molar-refractivity contribution in [2.75, 3.05) is 0 Å². The third kappa shape index (κ3) is 2.98. The highest BCUT2D eigenvalue weighted by atomic mass is 32.2. The molecule has 0 atom stereocenters. The minimum atomic E-state index is -4.43. The molecule has 0 heterocycles. The maximum Gasteiger partial charge on any atom is 0.389 e. The molecule has 0 amide bonds. The van der Waals surface area contributed by atoms with E-state index in [1.54, 1.807) is 0 Å². The summed E-state index contributed by atoms with van der Waals surface area (Å²) in [4.78, 5) is 10.0. The van der Waals surface area contributed by atoms with Crippen LogP contribution in [0, 0.1) is 0 Å². The van der Waals surface area contributed by atoms with E-state index in [0.29, 0.717) is 0 Å². The highest BCUT2D eigenvalue weighted by Crippen LogP contribution is 2.12. The van der Waals surface area contributed by atoms with Gasteiger partial charge in [0.05, 0.1) is 0 Å². The Bertz CT molecular complexity index is 441. The average Bonchev–Trinajstić information content (AvgIpc) is 2.18. The van der Waals surface area contributed by atoms with Gasteiger partial charge < -0.3 is 4.18 Å². The van der Waals surface area contributed by atoms with Crippen LogP contribution in [0.25, 0.3) is 0 Å². The van der Waals surface area contributed by atoms with Crippen molar-refractivity contribution in [3.05, 3.63) is 30.3 Å². The topological polar surface area (TPSA) is 60.4 Å². The second kappa shape index (κ2) is 4.35. The number of alkyl halides is 2. The van der Waals surface area contributed by atoms with E-state index >= 15 is 0 Å². The zero-order valence-corrected chi connectivity index (χ0v) is 8.08. The van der Waals surface area contributed by atoms with Crippen LogP contribution in [0.1, 0.15) is 0 Å². The molecular formula is C8H6F2O4S. The van der Waals surface area contributed by atoms with E-state index < -0.39 is 22.5 Å². The predicted molar refractivity (Wildman–Crippen MR) is 45.7 cm³/mol. The van der Waals surface area contributed by atoms with E-state index in [9.17, 15) is 22.0 Å². The van der Waals surface area contributed by atoms with Crippen LogP contribution < -0.4 is 0 Å². The van der Waals surface area contributed by atoms with Gasteiger partial charge in [0.2, 0.25) is 0 Å². The van der Waals surface area contributed by atoms with Gasteiger partial charge in [0.15, 0.2) is 0 Å². The summed E-state index contributed by atoms with van der Waals surface area (Å²) >= 11 is 0. The Balaban J connectivity index is 2.91. The van der Waals surface area contributed by atoms with Crippen LogP contribution >= 0.6 is 0 Å². The number of halogens is 2. The largest absolute Gasteiger partial charge is 0.389 e. The molecule has 0 aliphatic heterocycles. The lowest BCUT2D eigenvalue weighted by Crippen LogP contribution is -2.19. The summed E-state index contributed by atoms with van der Waals surface area (Å²) in [6.45, 7) is 0. The maximum atomic E-state index is 11.7. The Morgan fingerprint density at radius 1 is 1.20 bits per heavy atom. The summed E-state index contributed by atoms with van der Waals surface area (Å²) in [5, 5.41) is 0. The van der Waals surface area contributed by atoms with Crippen LogP contribution in [0.5, 0.6) is 0 Å². The second-order valence-corrected chi connectivity index (χ2v) is 4.02. The van der Waals surface area contributed by atoms with Crippen LogP contribution in [-0.2, 0) is 19.1 Å². The van der Waals surface area contributed by atoms with Crippen molar-refractivity contribution < 1.29 is 26.2 Å². The number of hydrogen-bond donors (Lipinski definition) is 0. The van der Waals surface area contributed by atoms with Gasteiger partial charge in [0, 0.05) is 0 Å². The third-order valence-electron chi connectivity index (χ3n) is 1.40. The van der Waals surface area contributed by atoms with Gasteiger partial charge in [0.1, 0.15) is 4.90 Å². The molecule has 0 aromatic heterocycles. The first-order chi connectivity index (χ1) is 6.93. The molecule has 1 aromatic carbocycles. The molecule has 0 N–H and O–H groups in total. The number of carbonyl (C=O) groups excluding carboxylic acids is 1. The molecule has 0 bridgehead atoms. The van der Waals surface area contributed by atoms with Crippen molar-refractivity contribution in [2.45, 2.75) is 11.3 Å². The molecule has 0 spiro atoms. The fraction of sp³-hybridized carbons (Fsp3) is 0.125. The first kappa shape index (κ1) is 11.6. The van der Waals surface area contributed by atoms with Crippen molar-refractivity contribution in [1.82, 2.24) is 0 Å². The Labute approximate surface area is 84.6 Å². The molecule has 0 aliphatic rings. The molecule has 0 saturated carbocycles. The van der Waals surface area contributed by atoms with Crippen molar-refractivity contribution in [2.24, 2.45) is 0 Å². The lowest BCUT2D eigenvalue weighted by atomic mass is 10.4. The summed E-state index contributed by atoms with van der Waals surface area (Å²) in [5.74, 6) is -2.08. The van der Waals surface area contributed by atoms with Crippen molar-refractivity contribution in [3.8, 4) is 0 Å². The molecule has 7 heteroatoms. The predicted octanol–water partition coefficient (Wildman–Crippen LogP) is 1.18. The molecule has 82 valence electrons. The van der Waals surface area contributed by atoms with Gasteiger partial charge in [-0.05, 0) is 12.1 Å². The van der Waals surface area contributed by atoms with E-state index in [4.69, 9.17) is 0 Å². The number of carbonyl (C=O) groups is 1. The Hall–Kier alpha value is -1.50. The summed E-state index contributed by atoms with van der Waals surface area (Å²) in [5.41, 5.74) is 0. The highest BCUT2D eigenvalue weighted by molar-refractivity contribution is 7.87. The van der Waals surface area contributed by atoms with Gasteiger partial charge in [-0.15, -0.1) is 0 Å². The number of benzene rings is 1. The highest BCUT2D eigenvalue weighted by Gasteiger charge is 2.26. The Morgan fingerprint density at radius 3 is 2.20 bits per heavy atom. The van der Waals surface area contributed by atoms with Gasteiger partial charge in [0.25, 0.3) is 0 Å². The molecule has 4 nitrogen and oxygen atoms in total. The SMILES string of the molecule is O=C(OS(=O)(=O)c1ccccc1)C(F)F. The van der Waals surface area contributed by atoms with Gasteiger partial charge >= 0.3 is 22.5 Å². The Kier molecular flexibility index (Phi) is 3.35. The fourth-order valence-corrected chi connectivity index (χ4v) is 1.66. The standard InChI is InChI=1S/C8H6F2O4S/c9-7(10)8(11)14-15(12,13)6-4-2-1-3-5-6/h1-5,7H. The summed E-state index contributed by atoms with van der Waals surface area (Å²) in [6, 6.07) is 6.56. The molecule has 0 fully saturated rings. The lowest BCUT2D eigenvalue weighted by molar-refractivity contribution is -0.145. The molecule has 0 unspecified atom stereocenters. The van der Waals surface area contributed by atoms with Gasteiger partial charge in [-0.25, -0.2) is 4.79 Å². The van der Waals surface area contributed by atoms with E-state index in [-0.39, 0.29) is 4.90 Å². The molecule has 15 heavy (non-hydrogen) atoms. The first-order valence-electron chi connectivity index (χ1n) is 3.75. The fourth-order valence-electron chi connectivity index (χ4n) is 0.780. The summed E-state index contributed by atoms with van der Waals surface area (Å²) in [7, 11) is -4.43. The molecule has 0 aliphatic carbocycles. The second-order valence-electron chi connectivity index (χ2n) is 2.47. The lowest BCUT2D eigenvalue weighted by Gasteiger charge is -2.03. The van der Waals surface area contributed by atoms with E-state index in [0.717, 1.165) is 12.1 Å². The van der Waals surface area contributed by atoms with Crippen LogP contribution in [0.2, 0.25) is 0 Å². The number of rotatable bonds is 3. The molecule has 0 saturated heterocycles. The molecule has 1 rings (SSSR count). The smallest absolute Gasteiger partial charge is 0.337 e. The van der Waals surface area contributed by atoms with Crippen LogP contribution in [-0.4, -0.2) is 20.8 Å². The molecular weight excluding hydrogens is 230 g/mol. The van der Waals surface area contributed by atoms with Crippen molar-refractivity contribution >= 4 is 16.1 Å². The monoisotopic (exact) mass is 236 g/mol. The average molecular weight is 236 g/mol. The van der Waals surface area contributed by atoms with E-state index in [2.05, 4.69) is 4.18 Å². The van der Waals surface area contributed by atoms with Crippen molar-refractivity contribution in [1.29, 1.82) is 0 Å². The summed E-state index contributed by atoms with van der Waals surface area (Å²) < 4.78 is 49.5. The quantitative estimate of drug-likeness (QED) is 0.739. The van der Waals surface area contributed by atoms with Gasteiger partial charge in [-0.3, -0.25) is 0 Å². The first-order valence-corrected chi connectivity index (χ1v) is 5.16. The zero-order valence-electron chi connectivity index (χ0n) is 7.26. The van der Waals surface area contributed by atoms with E-state index in [1.807, 2.05) is 0 Å². The number of hydrogen-bond acceptors (Lipinski definition) is 4. The maximum absolute atomic E-state index is 11.7. The Morgan fingerprint density at radius 2 is 1.73 bits per heavy atom. The van der Waals surface area contributed by atoms with Crippen molar-refractivity contribution in [3.63, 3.8) is 0 Å². The van der Waals surface area contributed by atoms with Gasteiger partial charge in [-0.2, -0.15) is 17.2 Å². The molecule has 0 radical (unpaired) electrons. The normalized spacial score (nSPS) is 11.4. The van der Waals surface area contributed by atoms with Crippen LogP contribution in [0.4, 0.5) is 8.78 Å². The van der Waals surface area contributed by atoms with Crippen LogP contribution in [0.15, 0.2) is 35.2 Å².